The summed E-state index contributed by atoms with van der Waals surface area (Å²) in [5.74, 6) is -0.100. The van der Waals surface area contributed by atoms with Crippen molar-refractivity contribution in [1.29, 1.82) is 0 Å². The molecule has 0 atom stereocenters. The van der Waals surface area contributed by atoms with Crippen molar-refractivity contribution in [3.8, 4) is 0 Å². The minimum absolute atomic E-state index is 0.100. The average Bonchev–Trinajstić information content (AvgIpc) is 2.28. The molecule has 1 aliphatic heterocycles. The van der Waals surface area contributed by atoms with Gasteiger partial charge in [-0.2, -0.15) is 0 Å². The van der Waals surface area contributed by atoms with Crippen LogP contribution in [0.15, 0.2) is 18.2 Å². The summed E-state index contributed by atoms with van der Waals surface area (Å²) in [4.78, 5) is 13.8. The molecule has 0 aromatic heterocycles. The molecule has 0 aliphatic carbocycles. The Morgan fingerprint density at radius 1 is 1.53 bits per heavy atom. The van der Waals surface area contributed by atoms with E-state index in [2.05, 4.69) is 0 Å². The number of nitrogens with zero attached hydrogens (tertiary/aromatic N) is 1. The number of halogens is 1. The van der Waals surface area contributed by atoms with E-state index in [1.165, 1.54) is 0 Å². The maximum absolute atomic E-state index is 12.1. The molecule has 1 heterocycles. The third-order valence-electron chi connectivity index (χ3n) is 3.34. The van der Waals surface area contributed by atoms with Gasteiger partial charge in [0, 0.05) is 0 Å². The van der Waals surface area contributed by atoms with Gasteiger partial charge in [-0.1, -0.05) is 30.7 Å². The van der Waals surface area contributed by atoms with Crippen molar-refractivity contribution >= 4 is 17.5 Å². The molecule has 0 unspecified atom stereocenters. The molecule has 1 aliphatic rings. The molecule has 0 radical (unpaired) electrons. The van der Waals surface area contributed by atoms with Crippen molar-refractivity contribution in [2.75, 3.05) is 13.1 Å². The summed E-state index contributed by atoms with van der Waals surface area (Å²) < 4.78 is 0. The number of aliphatic hydroxyl groups is 1. The highest BCUT2D eigenvalue weighted by Crippen LogP contribution is 2.28. The lowest BCUT2D eigenvalue weighted by Gasteiger charge is -2.46. The van der Waals surface area contributed by atoms with Gasteiger partial charge in [0.25, 0.3) is 5.91 Å². The molecule has 1 saturated heterocycles. The number of aryl methyl sites for hydroxylation is 1. The number of β-amino-alcohol motifs (C(OH)–C–C–N with tert-alkyl or cyclic N) is 1. The van der Waals surface area contributed by atoms with Gasteiger partial charge in [-0.25, -0.2) is 0 Å². The fraction of sp³-hybridized carbons (Fsp3) is 0.462. The molecule has 1 amide bonds. The van der Waals surface area contributed by atoms with Crippen molar-refractivity contribution in [2.45, 2.75) is 25.9 Å². The number of carbonyl (C=O) groups is 1. The topological polar surface area (TPSA) is 40.5 Å². The number of hydrogen-bond donors (Lipinski definition) is 1. The summed E-state index contributed by atoms with van der Waals surface area (Å²) in [6, 6.07) is 5.42. The van der Waals surface area contributed by atoms with E-state index in [-0.39, 0.29) is 5.91 Å². The van der Waals surface area contributed by atoms with E-state index < -0.39 is 5.60 Å². The van der Waals surface area contributed by atoms with Crippen LogP contribution in [-0.4, -0.2) is 34.6 Å². The zero-order valence-electron chi connectivity index (χ0n) is 10.0. The molecule has 0 spiro atoms. The first-order chi connectivity index (χ1) is 7.97. The smallest absolute Gasteiger partial charge is 0.255 e. The third-order valence-corrected chi connectivity index (χ3v) is 3.84. The molecular formula is C13H16ClNO2. The highest BCUT2D eigenvalue weighted by atomic mass is 35.5. The molecule has 0 bridgehead atoms. The lowest BCUT2D eigenvalue weighted by molar-refractivity contribution is -0.0826. The Bertz CT molecular complexity index is 453. The monoisotopic (exact) mass is 253 g/mol. The highest BCUT2D eigenvalue weighted by molar-refractivity contribution is 6.34. The van der Waals surface area contributed by atoms with Crippen molar-refractivity contribution in [2.24, 2.45) is 0 Å². The van der Waals surface area contributed by atoms with Crippen molar-refractivity contribution < 1.29 is 9.90 Å². The molecule has 92 valence electrons. The van der Waals surface area contributed by atoms with Gasteiger partial charge in [-0.15, -0.1) is 0 Å². The Labute approximate surface area is 106 Å². The van der Waals surface area contributed by atoms with Crippen molar-refractivity contribution in [1.82, 2.24) is 4.90 Å². The molecule has 1 aromatic carbocycles. The van der Waals surface area contributed by atoms with Gasteiger partial charge in [-0.05, 0) is 25.0 Å². The highest BCUT2D eigenvalue weighted by Gasteiger charge is 2.42. The maximum Gasteiger partial charge on any atom is 0.255 e. The van der Waals surface area contributed by atoms with E-state index in [0.717, 1.165) is 5.56 Å². The van der Waals surface area contributed by atoms with E-state index in [1.54, 1.807) is 11.0 Å². The van der Waals surface area contributed by atoms with Crippen LogP contribution in [0.4, 0.5) is 0 Å². The van der Waals surface area contributed by atoms with E-state index in [4.69, 9.17) is 11.6 Å². The molecule has 3 nitrogen and oxygen atoms in total. The fourth-order valence-corrected chi connectivity index (χ4v) is 2.22. The van der Waals surface area contributed by atoms with Crippen molar-refractivity contribution in [3.63, 3.8) is 0 Å². The lowest BCUT2D eigenvalue weighted by Crippen LogP contribution is -2.63. The molecule has 1 aromatic rings. The average molecular weight is 254 g/mol. The largest absolute Gasteiger partial charge is 0.386 e. The first-order valence-electron chi connectivity index (χ1n) is 5.73. The molecule has 17 heavy (non-hydrogen) atoms. The predicted molar refractivity (Wildman–Crippen MR) is 67.3 cm³/mol. The number of benzene rings is 1. The number of rotatable bonds is 2. The Morgan fingerprint density at radius 3 is 2.76 bits per heavy atom. The van der Waals surface area contributed by atoms with Gasteiger partial charge in [0.05, 0.1) is 29.3 Å². The first kappa shape index (κ1) is 12.4. The van der Waals surface area contributed by atoms with Gasteiger partial charge in [0.2, 0.25) is 0 Å². The van der Waals surface area contributed by atoms with E-state index >= 15 is 0 Å². The number of carbonyl (C=O) groups excluding carboxylic acids is 1. The van der Waals surface area contributed by atoms with Crippen LogP contribution >= 0.6 is 11.6 Å². The second kappa shape index (κ2) is 4.31. The van der Waals surface area contributed by atoms with Gasteiger partial charge >= 0.3 is 0 Å². The van der Waals surface area contributed by atoms with Crippen LogP contribution in [-0.2, 0) is 0 Å². The normalized spacial score (nSPS) is 17.8. The molecule has 4 heteroatoms. The molecule has 1 N–H and O–H groups in total. The summed E-state index contributed by atoms with van der Waals surface area (Å²) in [7, 11) is 0. The van der Waals surface area contributed by atoms with Crippen LogP contribution in [0.2, 0.25) is 5.02 Å². The van der Waals surface area contributed by atoms with Gasteiger partial charge in [0.1, 0.15) is 0 Å². The summed E-state index contributed by atoms with van der Waals surface area (Å²) in [6.07, 6.45) is 0.665. The SMILES string of the molecule is CCC1(O)CN(C(=O)c2cccc(C)c2Cl)C1. The molecule has 2 rings (SSSR count). The zero-order chi connectivity index (χ0) is 12.6. The Morgan fingerprint density at radius 2 is 2.18 bits per heavy atom. The van der Waals surface area contributed by atoms with Crippen LogP contribution in [0.1, 0.15) is 29.3 Å². The Balaban J connectivity index is 2.15. The van der Waals surface area contributed by atoms with Gasteiger partial charge < -0.3 is 10.0 Å². The second-order valence-corrected chi connectivity index (χ2v) is 5.05. The zero-order valence-corrected chi connectivity index (χ0v) is 10.8. The van der Waals surface area contributed by atoms with E-state index in [9.17, 15) is 9.90 Å². The minimum atomic E-state index is -0.702. The van der Waals surface area contributed by atoms with Crippen LogP contribution in [0.3, 0.4) is 0 Å². The van der Waals surface area contributed by atoms with Crippen LogP contribution < -0.4 is 0 Å². The summed E-state index contributed by atoms with van der Waals surface area (Å²) in [5, 5.41) is 10.4. The number of likely N-dealkylation sites (tertiary alicyclic amines) is 1. The standard InChI is InChI=1S/C13H16ClNO2/c1-3-13(17)7-15(8-13)12(16)10-6-4-5-9(2)11(10)14/h4-6,17H,3,7-8H2,1-2H3. The van der Waals surface area contributed by atoms with Crippen LogP contribution in [0, 0.1) is 6.92 Å². The Kier molecular flexibility index (Phi) is 3.15. The fourth-order valence-electron chi connectivity index (χ4n) is 2.01. The summed E-state index contributed by atoms with van der Waals surface area (Å²) in [5.41, 5.74) is 0.708. The van der Waals surface area contributed by atoms with Crippen LogP contribution in [0.5, 0.6) is 0 Å². The second-order valence-electron chi connectivity index (χ2n) is 4.68. The minimum Gasteiger partial charge on any atom is -0.386 e. The maximum atomic E-state index is 12.1. The molecular weight excluding hydrogens is 238 g/mol. The van der Waals surface area contributed by atoms with E-state index in [0.29, 0.717) is 30.1 Å². The predicted octanol–water partition coefficient (Wildman–Crippen LogP) is 2.25. The summed E-state index contributed by atoms with van der Waals surface area (Å²) in [6.45, 7) is 4.58. The van der Waals surface area contributed by atoms with Crippen molar-refractivity contribution in [3.05, 3.63) is 34.3 Å². The Hall–Kier alpha value is -1.06. The van der Waals surface area contributed by atoms with E-state index in [1.807, 2.05) is 26.0 Å². The third kappa shape index (κ3) is 2.17. The number of amides is 1. The molecule has 1 fully saturated rings. The quantitative estimate of drug-likeness (QED) is 0.878. The lowest BCUT2D eigenvalue weighted by atomic mass is 9.90. The number of hydrogen-bond acceptors (Lipinski definition) is 2. The van der Waals surface area contributed by atoms with Gasteiger partial charge in [-0.3, -0.25) is 4.79 Å². The first-order valence-corrected chi connectivity index (χ1v) is 6.11. The van der Waals surface area contributed by atoms with Crippen LogP contribution in [0.25, 0.3) is 0 Å². The van der Waals surface area contributed by atoms with Gasteiger partial charge in [0.15, 0.2) is 0 Å². The summed E-state index contributed by atoms with van der Waals surface area (Å²) >= 11 is 6.11. The molecule has 0 saturated carbocycles.